The van der Waals surface area contributed by atoms with Crippen molar-refractivity contribution in [1.82, 2.24) is 0 Å². The molecule has 0 amide bonds. The van der Waals surface area contributed by atoms with E-state index in [0.717, 1.165) is 12.1 Å². The Morgan fingerprint density at radius 1 is 1.25 bits per heavy atom. The number of hydrogen-bond acceptors (Lipinski definition) is 3. The number of ether oxygens (including phenoxy) is 2. The van der Waals surface area contributed by atoms with Crippen molar-refractivity contribution in [2.75, 3.05) is 13.4 Å². The van der Waals surface area contributed by atoms with Crippen LogP contribution in [0.2, 0.25) is 19.1 Å². The summed E-state index contributed by atoms with van der Waals surface area (Å²) < 4.78 is 48.8. The summed E-state index contributed by atoms with van der Waals surface area (Å²) >= 11 is 0. The Kier molecular flexibility index (Phi) is 6.51. The van der Waals surface area contributed by atoms with Gasteiger partial charge in [-0.05, 0) is 23.7 Å². The normalized spacial score (nSPS) is 11.9. The molecule has 0 aromatic heterocycles. The van der Waals surface area contributed by atoms with E-state index in [4.69, 9.17) is 14.6 Å². The maximum absolute atomic E-state index is 12.8. The topological polar surface area (TPSA) is 38.7 Å². The SMILES string of the molecule is C[SiH](C)CCOCOc1ccc(CO)cc1C(F)(F)F. The maximum atomic E-state index is 12.8. The van der Waals surface area contributed by atoms with Crippen molar-refractivity contribution in [1.29, 1.82) is 0 Å². The number of alkyl halides is 3. The lowest BCUT2D eigenvalue weighted by atomic mass is 10.1. The zero-order chi connectivity index (χ0) is 15.2. The fraction of sp³-hybridized carbons (Fsp3) is 0.538. The third kappa shape index (κ3) is 5.52. The van der Waals surface area contributed by atoms with Gasteiger partial charge in [0.25, 0.3) is 0 Å². The first-order chi connectivity index (χ1) is 9.34. The van der Waals surface area contributed by atoms with E-state index in [-0.39, 0.29) is 18.1 Å². The maximum Gasteiger partial charge on any atom is 0.419 e. The monoisotopic (exact) mass is 308 g/mol. The number of benzene rings is 1. The van der Waals surface area contributed by atoms with Gasteiger partial charge in [0, 0.05) is 15.4 Å². The first kappa shape index (κ1) is 17.0. The van der Waals surface area contributed by atoms with Gasteiger partial charge in [-0.2, -0.15) is 13.2 Å². The number of rotatable bonds is 7. The Balaban J connectivity index is 2.65. The van der Waals surface area contributed by atoms with Crippen molar-refractivity contribution in [2.45, 2.75) is 31.9 Å². The molecule has 1 aromatic carbocycles. The van der Waals surface area contributed by atoms with Gasteiger partial charge in [-0.3, -0.25) is 0 Å². The lowest BCUT2D eigenvalue weighted by molar-refractivity contribution is -0.139. The van der Waals surface area contributed by atoms with Crippen LogP contribution >= 0.6 is 0 Å². The highest BCUT2D eigenvalue weighted by molar-refractivity contribution is 6.55. The van der Waals surface area contributed by atoms with Gasteiger partial charge in [0.2, 0.25) is 0 Å². The summed E-state index contributed by atoms with van der Waals surface area (Å²) in [6.07, 6.45) is -4.52. The zero-order valence-electron chi connectivity index (χ0n) is 11.5. The molecule has 0 saturated heterocycles. The van der Waals surface area contributed by atoms with Crippen LogP contribution in [0.4, 0.5) is 13.2 Å². The molecule has 0 aliphatic carbocycles. The highest BCUT2D eigenvalue weighted by Gasteiger charge is 2.34. The first-order valence-electron chi connectivity index (χ1n) is 6.36. The van der Waals surface area contributed by atoms with Gasteiger partial charge in [-0.1, -0.05) is 19.2 Å². The Morgan fingerprint density at radius 2 is 1.95 bits per heavy atom. The zero-order valence-corrected chi connectivity index (χ0v) is 12.7. The molecule has 1 aromatic rings. The highest BCUT2D eigenvalue weighted by atomic mass is 28.3. The van der Waals surface area contributed by atoms with Crippen LogP contribution in [0.15, 0.2) is 18.2 Å². The van der Waals surface area contributed by atoms with Gasteiger partial charge >= 0.3 is 6.18 Å². The average Bonchev–Trinajstić information content (AvgIpc) is 2.37. The largest absolute Gasteiger partial charge is 0.467 e. The van der Waals surface area contributed by atoms with Crippen LogP contribution in [0.1, 0.15) is 11.1 Å². The molecule has 0 radical (unpaired) electrons. The molecule has 7 heteroatoms. The summed E-state index contributed by atoms with van der Waals surface area (Å²) in [7, 11) is -0.724. The third-order valence-corrected chi connectivity index (χ3v) is 4.06. The predicted octanol–water partition coefficient (Wildman–Crippen LogP) is 3.04. The summed E-state index contributed by atoms with van der Waals surface area (Å²) in [5.41, 5.74) is -0.706. The van der Waals surface area contributed by atoms with Crippen molar-refractivity contribution in [3.05, 3.63) is 29.3 Å². The van der Waals surface area contributed by atoms with E-state index < -0.39 is 27.1 Å². The Morgan fingerprint density at radius 3 is 2.50 bits per heavy atom. The number of hydrogen-bond donors (Lipinski definition) is 1. The van der Waals surface area contributed by atoms with Crippen LogP contribution in [0, 0.1) is 0 Å². The summed E-state index contributed by atoms with van der Waals surface area (Å²) in [6, 6.07) is 4.44. The van der Waals surface area contributed by atoms with Gasteiger partial charge in [0.15, 0.2) is 6.79 Å². The molecular weight excluding hydrogens is 289 g/mol. The van der Waals surface area contributed by atoms with Gasteiger partial charge in [0.1, 0.15) is 5.75 Å². The van der Waals surface area contributed by atoms with E-state index in [9.17, 15) is 13.2 Å². The van der Waals surface area contributed by atoms with Crippen LogP contribution in [0.5, 0.6) is 5.75 Å². The minimum Gasteiger partial charge on any atom is -0.467 e. The van der Waals surface area contributed by atoms with Gasteiger partial charge in [0.05, 0.1) is 12.2 Å². The van der Waals surface area contributed by atoms with E-state index in [1.54, 1.807) is 0 Å². The van der Waals surface area contributed by atoms with Gasteiger partial charge in [-0.25, -0.2) is 0 Å². The predicted molar refractivity (Wildman–Crippen MR) is 72.5 cm³/mol. The molecule has 1 rings (SSSR count). The molecule has 0 spiro atoms. The van der Waals surface area contributed by atoms with Gasteiger partial charge in [-0.15, -0.1) is 0 Å². The number of aliphatic hydroxyl groups is 1. The summed E-state index contributed by atoms with van der Waals surface area (Å²) in [5.74, 6) is -0.281. The fourth-order valence-corrected chi connectivity index (χ4v) is 2.14. The molecule has 0 saturated carbocycles. The lowest BCUT2D eigenvalue weighted by Gasteiger charge is -2.15. The molecule has 3 nitrogen and oxygen atoms in total. The first-order valence-corrected chi connectivity index (χ1v) is 9.48. The Labute approximate surface area is 117 Å². The second-order valence-corrected chi connectivity index (χ2v) is 8.20. The smallest absolute Gasteiger partial charge is 0.419 e. The molecule has 0 atom stereocenters. The van der Waals surface area contributed by atoms with E-state index in [0.29, 0.717) is 6.61 Å². The lowest BCUT2D eigenvalue weighted by Crippen LogP contribution is -2.13. The third-order valence-electron chi connectivity index (χ3n) is 2.67. The van der Waals surface area contributed by atoms with E-state index in [2.05, 4.69) is 13.1 Å². The van der Waals surface area contributed by atoms with Crippen LogP contribution in [-0.2, 0) is 17.5 Å². The molecule has 20 heavy (non-hydrogen) atoms. The molecule has 0 fully saturated rings. The fourth-order valence-electron chi connectivity index (χ4n) is 1.51. The highest BCUT2D eigenvalue weighted by Crippen LogP contribution is 2.36. The Hall–Kier alpha value is -1.05. The number of aliphatic hydroxyl groups excluding tert-OH is 1. The quantitative estimate of drug-likeness (QED) is 0.478. The van der Waals surface area contributed by atoms with Gasteiger partial charge < -0.3 is 14.6 Å². The van der Waals surface area contributed by atoms with Crippen LogP contribution in [-0.4, -0.2) is 27.3 Å². The second kappa shape index (κ2) is 7.66. The molecule has 0 bridgehead atoms. The second-order valence-electron chi connectivity index (χ2n) is 4.84. The molecule has 114 valence electrons. The van der Waals surface area contributed by atoms with E-state index in [1.807, 2.05) is 0 Å². The molecule has 0 heterocycles. The van der Waals surface area contributed by atoms with Crippen molar-refractivity contribution in [3.8, 4) is 5.75 Å². The molecular formula is C13H19F3O3Si. The molecule has 0 aliphatic rings. The van der Waals surface area contributed by atoms with Crippen LogP contribution < -0.4 is 4.74 Å². The van der Waals surface area contributed by atoms with E-state index in [1.165, 1.54) is 12.1 Å². The summed E-state index contributed by atoms with van der Waals surface area (Å²) in [5, 5.41) is 8.89. The minimum atomic E-state index is -4.52. The van der Waals surface area contributed by atoms with Crippen molar-refractivity contribution < 1.29 is 27.8 Å². The number of halogens is 3. The molecule has 0 aliphatic heterocycles. The van der Waals surface area contributed by atoms with Crippen LogP contribution in [0.25, 0.3) is 0 Å². The standard InChI is InChI=1S/C13H19F3O3Si/c1-20(2)6-5-18-9-19-12-4-3-10(8-17)7-11(12)13(14,15)16/h3-4,7,17,20H,5-6,8-9H2,1-2H3. The van der Waals surface area contributed by atoms with E-state index >= 15 is 0 Å². The molecule has 0 unspecified atom stereocenters. The summed E-state index contributed by atoms with van der Waals surface area (Å²) in [6.45, 7) is 4.18. The summed E-state index contributed by atoms with van der Waals surface area (Å²) in [4.78, 5) is 0. The minimum absolute atomic E-state index is 0.191. The van der Waals surface area contributed by atoms with Crippen molar-refractivity contribution in [2.24, 2.45) is 0 Å². The average molecular weight is 308 g/mol. The molecule has 1 N–H and O–H groups in total. The Bertz CT molecular complexity index is 422. The van der Waals surface area contributed by atoms with Crippen molar-refractivity contribution >= 4 is 8.80 Å². The van der Waals surface area contributed by atoms with Crippen LogP contribution in [0.3, 0.4) is 0 Å². The van der Waals surface area contributed by atoms with Crippen molar-refractivity contribution in [3.63, 3.8) is 0 Å².